The Hall–Kier alpha value is -1.08. The first kappa shape index (κ1) is 13.4. The molecule has 2 atom stereocenters. The van der Waals surface area contributed by atoms with Crippen molar-refractivity contribution in [3.63, 3.8) is 0 Å². The smallest absolute Gasteiger partial charge is 0.113 e. The molecular formula is C14H16ClNO2. The van der Waals surface area contributed by atoms with Crippen LogP contribution >= 0.6 is 11.6 Å². The first-order chi connectivity index (χ1) is 8.53. The van der Waals surface area contributed by atoms with E-state index < -0.39 is 11.0 Å². The van der Waals surface area contributed by atoms with Crippen LogP contribution in [0.15, 0.2) is 24.3 Å². The minimum Gasteiger partial charge on any atom is -0.384 e. The number of hydrogen-bond acceptors (Lipinski definition) is 3. The molecule has 2 unspecified atom stereocenters. The Morgan fingerprint density at radius 2 is 2.22 bits per heavy atom. The molecule has 1 heterocycles. The lowest BCUT2D eigenvalue weighted by molar-refractivity contribution is -0.113. The molecular weight excluding hydrogens is 250 g/mol. The zero-order valence-corrected chi connectivity index (χ0v) is 11.1. The molecule has 0 aromatic heterocycles. The number of halogens is 1. The number of nitriles is 1. The van der Waals surface area contributed by atoms with Gasteiger partial charge in [0.2, 0.25) is 0 Å². The predicted molar refractivity (Wildman–Crippen MR) is 69.1 cm³/mol. The molecule has 2 rings (SSSR count). The third-order valence-electron chi connectivity index (χ3n) is 3.78. The van der Waals surface area contributed by atoms with Crippen LogP contribution in [0.1, 0.15) is 25.3 Å². The van der Waals surface area contributed by atoms with Crippen molar-refractivity contribution in [3.05, 3.63) is 34.9 Å². The molecule has 1 aromatic carbocycles. The lowest BCUT2D eigenvalue weighted by atomic mass is 9.67. The van der Waals surface area contributed by atoms with Crippen molar-refractivity contribution in [1.82, 2.24) is 0 Å². The molecule has 1 fully saturated rings. The van der Waals surface area contributed by atoms with Crippen LogP contribution in [-0.2, 0) is 10.3 Å². The van der Waals surface area contributed by atoms with Gasteiger partial charge in [-0.25, -0.2) is 0 Å². The van der Waals surface area contributed by atoms with Crippen LogP contribution in [0.3, 0.4) is 0 Å². The Morgan fingerprint density at radius 3 is 2.78 bits per heavy atom. The van der Waals surface area contributed by atoms with Gasteiger partial charge in [0.05, 0.1) is 12.7 Å². The Bertz CT molecular complexity index is 473. The van der Waals surface area contributed by atoms with E-state index in [0.29, 0.717) is 23.6 Å². The lowest BCUT2D eigenvalue weighted by Gasteiger charge is -2.43. The van der Waals surface area contributed by atoms with Crippen molar-refractivity contribution in [3.8, 4) is 6.07 Å². The molecule has 96 valence electrons. The fraction of sp³-hybridized carbons (Fsp3) is 0.500. The fourth-order valence-electron chi connectivity index (χ4n) is 2.49. The maximum absolute atomic E-state index is 10.9. The summed E-state index contributed by atoms with van der Waals surface area (Å²) in [6.07, 6.45) is 1.38. The molecule has 0 spiro atoms. The van der Waals surface area contributed by atoms with E-state index in [4.69, 9.17) is 16.3 Å². The highest BCUT2D eigenvalue weighted by Crippen LogP contribution is 2.46. The van der Waals surface area contributed by atoms with E-state index in [1.54, 1.807) is 25.1 Å². The molecule has 0 aliphatic carbocycles. The van der Waals surface area contributed by atoms with Gasteiger partial charge < -0.3 is 9.84 Å². The standard InChI is InChI=1S/C14H16ClNO2/c1-13(17,11-5-2-3-6-12(11)15)14(9-16)7-4-8-18-10-14/h2-3,5-6,17H,4,7-8,10H2,1H3. The zero-order valence-electron chi connectivity index (χ0n) is 10.3. The van der Waals surface area contributed by atoms with Crippen molar-refractivity contribution in [2.24, 2.45) is 5.41 Å². The van der Waals surface area contributed by atoms with Crippen LogP contribution in [0.25, 0.3) is 0 Å². The minimum atomic E-state index is -1.32. The molecule has 1 saturated heterocycles. The van der Waals surface area contributed by atoms with E-state index in [9.17, 15) is 10.4 Å². The van der Waals surface area contributed by atoms with Gasteiger partial charge in [-0.15, -0.1) is 0 Å². The largest absolute Gasteiger partial charge is 0.384 e. The summed E-state index contributed by atoms with van der Waals surface area (Å²) in [6.45, 7) is 2.52. The molecule has 1 N–H and O–H groups in total. The monoisotopic (exact) mass is 265 g/mol. The molecule has 0 radical (unpaired) electrons. The molecule has 1 aliphatic rings. The SMILES string of the molecule is CC(O)(c1ccccc1Cl)C1(C#N)CCCOC1. The summed E-state index contributed by atoms with van der Waals surface area (Å²) in [5, 5.41) is 20.8. The summed E-state index contributed by atoms with van der Waals surface area (Å²) in [4.78, 5) is 0. The third-order valence-corrected chi connectivity index (χ3v) is 4.11. The van der Waals surface area contributed by atoms with Gasteiger partial charge in [0.1, 0.15) is 11.0 Å². The molecule has 3 nitrogen and oxygen atoms in total. The van der Waals surface area contributed by atoms with Crippen LogP contribution in [0, 0.1) is 16.7 Å². The second-order valence-corrected chi connectivity index (χ2v) is 5.31. The average Bonchev–Trinajstić information content (AvgIpc) is 2.39. The molecule has 0 bridgehead atoms. The summed E-state index contributed by atoms with van der Waals surface area (Å²) in [7, 11) is 0. The number of nitrogens with zero attached hydrogens (tertiary/aromatic N) is 1. The second-order valence-electron chi connectivity index (χ2n) is 4.90. The van der Waals surface area contributed by atoms with Crippen LogP contribution in [0.5, 0.6) is 0 Å². The quantitative estimate of drug-likeness (QED) is 0.895. The molecule has 1 aromatic rings. The van der Waals surface area contributed by atoms with Crippen molar-refractivity contribution >= 4 is 11.6 Å². The predicted octanol–water partition coefficient (Wildman–Crippen LogP) is 2.87. The van der Waals surface area contributed by atoms with Gasteiger partial charge in [-0.2, -0.15) is 5.26 Å². The molecule has 0 amide bonds. The van der Waals surface area contributed by atoms with E-state index in [2.05, 4.69) is 6.07 Å². The van der Waals surface area contributed by atoms with E-state index in [1.165, 1.54) is 0 Å². The van der Waals surface area contributed by atoms with E-state index in [0.717, 1.165) is 6.42 Å². The highest BCUT2D eigenvalue weighted by atomic mass is 35.5. The van der Waals surface area contributed by atoms with Crippen LogP contribution in [-0.4, -0.2) is 18.3 Å². The van der Waals surface area contributed by atoms with Crippen LogP contribution in [0.4, 0.5) is 0 Å². The highest BCUT2D eigenvalue weighted by Gasteiger charge is 2.50. The van der Waals surface area contributed by atoms with Crippen LogP contribution < -0.4 is 0 Å². The van der Waals surface area contributed by atoms with Gasteiger partial charge in [0.25, 0.3) is 0 Å². The summed E-state index contributed by atoms with van der Waals surface area (Å²) < 4.78 is 5.40. The Kier molecular flexibility index (Phi) is 3.63. The average molecular weight is 266 g/mol. The number of aliphatic hydroxyl groups is 1. The maximum atomic E-state index is 10.9. The number of benzene rings is 1. The maximum Gasteiger partial charge on any atom is 0.113 e. The first-order valence-electron chi connectivity index (χ1n) is 6.00. The van der Waals surface area contributed by atoms with Crippen molar-refractivity contribution in [1.29, 1.82) is 5.26 Å². The molecule has 1 aliphatic heterocycles. The third kappa shape index (κ3) is 2.01. The van der Waals surface area contributed by atoms with Gasteiger partial charge in [-0.3, -0.25) is 0 Å². The van der Waals surface area contributed by atoms with Crippen molar-refractivity contribution < 1.29 is 9.84 Å². The van der Waals surface area contributed by atoms with E-state index >= 15 is 0 Å². The molecule has 0 saturated carbocycles. The summed E-state index contributed by atoms with van der Waals surface area (Å²) in [5.41, 5.74) is -1.67. The van der Waals surface area contributed by atoms with Gasteiger partial charge in [-0.05, 0) is 25.8 Å². The van der Waals surface area contributed by atoms with Crippen molar-refractivity contribution in [2.45, 2.75) is 25.4 Å². The van der Waals surface area contributed by atoms with E-state index in [-0.39, 0.29) is 6.61 Å². The van der Waals surface area contributed by atoms with Crippen molar-refractivity contribution in [2.75, 3.05) is 13.2 Å². The van der Waals surface area contributed by atoms with Crippen LogP contribution in [0.2, 0.25) is 5.02 Å². The summed E-state index contributed by atoms with van der Waals surface area (Å²) in [5.74, 6) is 0. The summed E-state index contributed by atoms with van der Waals surface area (Å²) in [6, 6.07) is 9.35. The topological polar surface area (TPSA) is 53.2 Å². The minimum absolute atomic E-state index is 0.238. The summed E-state index contributed by atoms with van der Waals surface area (Å²) >= 11 is 6.14. The Labute approximate surface area is 112 Å². The van der Waals surface area contributed by atoms with Gasteiger partial charge in [-0.1, -0.05) is 29.8 Å². The normalized spacial score (nSPS) is 27.2. The number of ether oxygens (including phenoxy) is 1. The van der Waals surface area contributed by atoms with Gasteiger partial charge >= 0.3 is 0 Å². The van der Waals surface area contributed by atoms with Gasteiger partial charge in [0, 0.05) is 17.2 Å². The second kappa shape index (κ2) is 4.89. The zero-order chi connectivity index (χ0) is 13.2. The molecule has 18 heavy (non-hydrogen) atoms. The molecule has 4 heteroatoms. The Morgan fingerprint density at radius 1 is 1.50 bits per heavy atom. The number of hydrogen-bond donors (Lipinski definition) is 1. The lowest BCUT2D eigenvalue weighted by Crippen LogP contribution is -2.48. The fourth-order valence-corrected chi connectivity index (χ4v) is 2.81. The highest BCUT2D eigenvalue weighted by molar-refractivity contribution is 6.31. The van der Waals surface area contributed by atoms with E-state index in [1.807, 2.05) is 6.07 Å². The van der Waals surface area contributed by atoms with Gasteiger partial charge in [0.15, 0.2) is 0 Å². The number of rotatable bonds is 2. The Balaban J connectivity index is 2.47. The first-order valence-corrected chi connectivity index (χ1v) is 6.38.